The lowest BCUT2D eigenvalue weighted by atomic mass is 9.84. The summed E-state index contributed by atoms with van der Waals surface area (Å²) in [4.78, 5) is 29.2. The van der Waals surface area contributed by atoms with Crippen molar-refractivity contribution < 1.29 is 4.39 Å². The molecule has 0 amide bonds. The first-order valence-corrected chi connectivity index (χ1v) is 13.0. The van der Waals surface area contributed by atoms with Crippen LogP contribution in [0.2, 0.25) is 0 Å². The minimum atomic E-state index is -0.335. The van der Waals surface area contributed by atoms with Crippen molar-refractivity contribution in [1.82, 2.24) is 29.5 Å². The topological polar surface area (TPSA) is 116 Å². The Morgan fingerprint density at radius 2 is 1.95 bits per heavy atom. The molecule has 38 heavy (non-hydrogen) atoms. The standard InChI is InChI=1S/C13H7N7O.C11H13F.C5H12/c14-4-7-1-2-8-10(3-7)20(6-16-8)12-15-5-9-11(18-12)19-13(21)17-9;1-8-3-2-4-9-7-10(12)5-6-11(8)9;1-3-5-4-2/h1-3,5-6H,(H2,15,17,18,19,21);5-8H,2-4H2,1H3;3-5H2,1-2H3/t;8-;/m.1./s1. The molecule has 5 aromatic rings. The molecule has 2 aromatic carbocycles. The van der Waals surface area contributed by atoms with Gasteiger partial charge in [-0.25, -0.2) is 19.2 Å². The number of hydrogen-bond acceptors (Lipinski definition) is 5. The third-order valence-corrected chi connectivity index (χ3v) is 6.57. The second-order valence-corrected chi connectivity index (χ2v) is 9.43. The molecule has 0 saturated carbocycles. The van der Waals surface area contributed by atoms with Crippen LogP contribution >= 0.6 is 0 Å². The number of fused-ring (bicyclic) bond motifs is 3. The van der Waals surface area contributed by atoms with E-state index in [-0.39, 0.29) is 11.5 Å². The highest BCUT2D eigenvalue weighted by Crippen LogP contribution is 2.31. The molecule has 0 fully saturated rings. The van der Waals surface area contributed by atoms with Crippen LogP contribution in [0, 0.1) is 17.1 Å². The Kier molecular flexibility index (Phi) is 8.64. The van der Waals surface area contributed by atoms with Crippen LogP contribution in [0.3, 0.4) is 0 Å². The highest BCUT2D eigenvalue weighted by Gasteiger charge is 2.16. The number of H-pyrrole nitrogens is 2. The van der Waals surface area contributed by atoms with E-state index in [4.69, 9.17) is 5.26 Å². The van der Waals surface area contributed by atoms with Gasteiger partial charge in [0.05, 0.1) is 28.9 Å². The van der Waals surface area contributed by atoms with E-state index < -0.39 is 0 Å². The summed E-state index contributed by atoms with van der Waals surface area (Å²) in [6, 6.07) is 12.5. The van der Waals surface area contributed by atoms with Crippen molar-refractivity contribution in [3.63, 3.8) is 0 Å². The summed E-state index contributed by atoms with van der Waals surface area (Å²) >= 11 is 0. The van der Waals surface area contributed by atoms with Crippen molar-refractivity contribution >= 4 is 22.2 Å². The van der Waals surface area contributed by atoms with Gasteiger partial charge in [-0.3, -0.25) is 9.55 Å². The Hall–Kier alpha value is -4.32. The van der Waals surface area contributed by atoms with Gasteiger partial charge in [-0.05, 0) is 66.6 Å². The second kappa shape index (κ2) is 12.3. The third kappa shape index (κ3) is 6.14. The first-order valence-electron chi connectivity index (χ1n) is 13.0. The summed E-state index contributed by atoms with van der Waals surface area (Å²) < 4.78 is 14.5. The van der Waals surface area contributed by atoms with Crippen LogP contribution in [-0.2, 0) is 6.42 Å². The van der Waals surface area contributed by atoms with E-state index >= 15 is 0 Å². The molecule has 1 aliphatic rings. The third-order valence-electron chi connectivity index (χ3n) is 6.57. The Labute approximate surface area is 220 Å². The second-order valence-electron chi connectivity index (χ2n) is 9.43. The van der Waals surface area contributed by atoms with Crippen LogP contribution in [0.15, 0.2) is 53.7 Å². The number of aromatic nitrogens is 6. The summed E-state index contributed by atoms with van der Waals surface area (Å²) in [6.45, 7) is 6.64. The zero-order chi connectivity index (χ0) is 27.1. The molecular formula is C29H32FN7O. The quantitative estimate of drug-likeness (QED) is 0.293. The van der Waals surface area contributed by atoms with Crippen LogP contribution in [-0.4, -0.2) is 29.5 Å². The molecule has 1 atom stereocenters. The van der Waals surface area contributed by atoms with Gasteiger partial charge in [-0.1, -0.05) is 46.1 Å². The van der Waals surface area contributed by atoms with E-state index in [0.717, 1.165) is 17.5 Å². The molecule has 6 rings (SSSR count). The van der Waals surface area contributed by atoms with Crippen molar-refractivity contribution in [1.29, 1.82) is 5.26 Å². The van der Waals surface area contributed by atoms with Gasteiger partial charge in [0.2, 0.25) is 5.95 Å². The molecule has 8 nitrogen and oxygen atoms in total. The van der Waals surface area contributed by atoms with E-state index in [0.29, 0.717) is 28.6 Å². The largest absolute Gasteiger partial charge is 0.325 e. The zero-order valence-corrected chi connectivity index (χ0v) is 22.0. The highest BCUT2D eigenvalue weighted by atomic mass is 19.1. The zero-order valence-electron chi connectivity index (χ0n) is 22.0. The van der Waals surface area contributed by atoms with Gasteiger partial charge in [0, 0.05) is 0 Å². The van der Waals surface area contributed by atoms with Crippen molar-refractivity contribution in [2.75, 3.05) is 0 Å². The van der Waals surface area contributed by atoms with Crippen LogP contribution in [0.5, 0.6) is 0 Å². The van der Waals surface area contributed by atoms with Gasteiger partial charge < -0.3 is 4.98 Å². The maximum absolute atomic E-state index is 12.8. The smallest absolute Gasteiger partial charge is 0.303 e. The summed E-state index contributed by atoms with van der Waals surface area (Å²) in [5, 5.41) is 8.99. The predicted octanol–water partition coefficient (Wildman–Crippen LogP) is 6.32. The van der Waals surface area contributed by atoms with Crippen LogP contribution < -0.4 is 5.69 Å². The number of nitrogens with zero attached hydrogens (tertiary/aromatic N) is 5. The molecule has 3 heterocycles. The monoisotopic (exact) mass is 513 g/mol. The van der Waals surface area contributed by atoms with Crippen LogP contribution in [0.1, 0.15) is 75.5 Å². The fraction of sp³-hybridized carbons (Fsp3) is 0.345. The fourth-order valence-electron chi connectivity index (χ4n) is 4.55. The van der Waals surface area contributed by atoms with Gasteiger partial charge in [0.15, 0.2) is 5.65 Å². The average Bonchev–Trinajstić information content (AvgIpc) is 3.51. The van der Waals surface area contributed by atoms with Gasteiger partial charge >= 0.3 is 5.69 Å². The van der Waals surface area contributed by atoms with Gasteiger partial charge in [0.25, 0.3) is 0 Å². The molecular weight excluding hydrogens is 481 g/mol. The van der Waals surface area contributed by atoms with E-state index in [1.807, 2.05) is 6.07 Å². The SMILES string of the molecule is CCCCC.C[C@@H]1CCCc2cc(F)ccc21.N#Cc1ccc2ncn(-c3ncc4[nH]c(=O)[nH]c4n3)c2c1. The Bertz CT molecular complexity index is 1620. The van der Waals surface area contributed by atoms with Crippen LogP contribution in [0.4, 0.5) is 4.39 Å². The lowest BCUT2D eigenvalue weighted by Crippen LogP contribution is -2.06. The number of aromatic amines is 2. The van der Waals surface area contributed by atoms with Crippen LogP contribution in [0.25, 0.3) is 28.1 Å². The van der Waals surface area contributed by atoms with Gasteiger partial charge in [-0.15, -0.1) is 0 Å². The number of halogens is 1. The number of rotatable bonds is 3. The maximum Gasteiger partial charge on any atom is 0.325 e. The first kappa shape index (κ1) is 26.7. The number of nitrogens with one attached hydrogen (secondary N) is 2. The molecule has 2 N–H and O–H groups in total. The van der Waals surface area contributed by atoms with Crippen molar-refractivity contribution in [3.8, 4) is 12.0 Å². The molecule has 0 spiro atoms. The molecule has 0 saturated heterocycles. The lowest BCUT2D eigenvalue weighted by Gasteiger charge is -2.21. The minimum Gasteiger partial charge on any atom is -0.303 e. The van der Waals surface area contributed by atoms with E-state index in [1.165, 1.54) is 49.4 Å². The molecule has 1 aliphatic carbocycles. The summed E-state index contributed by atoms with van der Waals surface area (Å²) in [5.74, 6) is 0.896. The molecule has 0 radical (unpaired) electrons. The van der Waals surface area contributed by atoms with Gasteiger partial charge in [-0.2, -0.15) is 10.2 Å². The molecule has 3 aromatic heterocycles. The summed E-state index contributed by atoms with van der Waals surface area (Å²) in [6.07, 6.45) is 10.7. The predicted molar refractivity (Wildman–Crippen MR) is 147 cm³/mol. The molecule has 0 bridgehead atoms. The van der Waals surface area contributed by atoms with Crippen molar-refractivity contribution in [2.45, 2.75) is 65.2 Å². The summed E-state index contributed by atoms with van der Waals surface area (Å²) in [5.41, 5.74) is 5.18. The summed E-state index contributed by atoms with van der Waals surface area (Å²) in [7, 11) is 0. The Morgan fingerprint density at radius 1 is 1.13 bits per heavy atom. The van der Waals surface area contributed by atoms with E-state index in [2.05, 4.69) is 51.8 Å². The first-order chi connectivity index (χ1) is 18.4. The Morgan fingerprint density at radius 3 is 2.68 bits per heavy atom. The molecule has 0 unspecified atom stereocenters. The minimum absolute atomic E-state index is 0.0946. The van der Waals surface area contributed by atoms with Crippen molar-refractivity contribution in [3.05, 3.63) is 81.9 Å². The number of unbranched alkanes of at least 4 members (excludes halogenated alkanes) is 2. The Balaban J connectivity index is 0.000000167. The highest BCUT2D eigenvalue weighted by molar-refractivity contribution is 5.79. The number of hydrogen-bond donors (Lipinski definition) is 2. The lowest BCUT2D eigenvalue weighted by molar-refractivity contribution is 0.575. The number of nitriles is 1. The normalized spacial score (nSPS) is 14.1. The number of aryl methyl sites for hydroxylation is 1. The number of imidazole rings is 2. The molecule has 196 valence electrons. The molecule has 0 aliphatic heterocycles. The van der Waals surface area contributed by atoms with Crippen molar-refractivity contribution in [2.24, 2.45) is 0 Å². The molecule has 9 heteroatoms. The average molecular weight is 514 g/mol. The van der Waals surface area contributed by atoms with E-state index in [9.17, 15) is 9.18 Å². The van der Waals surface area contributed by atoms with E-state index in [1.54, 1.807) is 41.2 Å². The van der Waals surface area contributed by atoms with Gasteiger partial charge in [0.1, 0.15) is 17.7 Å². The number of benzene rings is 2. The maximum atomic E-state index is 12.8. The fourth-order valence-corrected chi connectivity index (χ4v) is 4.55.